The van der Waals surface area contributed by atoms with E-state index < -0.39 is 16.2 Å². The van der Waals surface area contributed by atoms with Crippen molar-refractivity contribution in [2.45, 2.75) is 25.8 Å². The van der Waals surface area contributed by atoms with Crippen LogP contribution < -0.4 is 4.72 Å². The van der Waals surface area contributed by atoms with Crippen LogP contribution in [0.4, 0.5) is 5.69 Å². The third-order valence-corrected chi connectivity index (χ3v) is 4.59. The highest BCUT2D eigenvalue weighted by atomic mass is 32.2. The van der Waals surface area contributed by atoms with Crippen molar-refractivity contribution in [1.29, 1.82) is 0 Å². The van der Waals surface area contributed by atoms with Crippen molar-refractivity contribution < 1.29 is 17.9 Å². The Balaban J connectivity index is 2.00. The third kappa shape index (κ3) is 3.70. The highest BCUT2D eigenvalue weighted by Crippen LogP contribution is 2.16. The molecule has 0 aromatic carbocycles. The molecule has 8 nitrogen and oxygen atoms in total. The van der Waals surface area contributed by atoms with E-state index >= 15 is 0 Å². The SMILES string of the molecule is COC(=O)Cn1cc(NS(=O)(=O)N2CCCCC2)cn1. The molecule has 0 atom stereocenters. The summed E-state index contributed by atoms with van der Waals surface area (Å²) < 4.78 is 34.0. The van der Waals surface area contributed by atoms with Crippen LogP contribution in [0.3, 0.4) is 0 Å². The molecule has 20 heavy (non-hydrogen) atoms. The molecule has 1 aromatic heterocycles. The van der Waals surface area contributed by atoms with Gasteiger partial charge in [0, 0.05) is 19.3 Å². The molecule has 2 heterocycles. The summed E-state index contributed by atoms with van der Waals surface area (Å²) in [5.41, 5.74) is 0.333. The number of nitrogens with zero attached hydrogens (tertiary/aromatic N) is 3. The Morgan fingerprint density at radius 3 is 2.75 bits per heavy atom. The van der Waals surface area contributed by atoms with Crippen LogP contribution in [-0.4, -0.2) is 48.7 Å². The molecule has 1 aliphatic rings. The molecule has 0 bridgehead atoms. The third-order valence-electron chi connectivity index (χ3n) is 3.05. The molecule has 0 saturated carbocycles. The number of rotatable bonds is 5. The van der Waals surface area contributed by atoms with E-state index in [4.69, 9.17) is 0 Å². The van der Waals surface area contributed by atoms with Gasteiger partial charge in [0.05, 0.1) is 19.0 Å². The second-order valence-corrected chi connectivity index (χ2v) is 6.24. The van der Waals surface area contributed by atoms with E-state index in [2.05, 4.69) is 14.6 Å². The lowest BCUT2D eigenvalue weighted by molar-refractivity contribution is -0.141. The van der Waals surface area contributed by atoms with Crippen LogP contribution in [0, 0.1) is 0 Å². The van der Waals surface area contributed by atoms with Crippen molar-refractivity contribution in [3.63, 3.8) is 0 Å². The van der Waals surface area contributed by atoms with Gasteiger partial charge in [-0.15, -0.1) is 0 Å². The normalized spacial score (nSPS) is 16.9. The Labute approximate surface area is 117 Å². The number of methoxy groups -OCH3 is 1. The van der Waals surface area contributed by atoms with Crippen molar-refractivity contribution in [3.8, 4) is 0 Å². The minimum atomic E-state index is -3.54. The van der Waals surface area contributed by atoms with Crippen LogP contribution in [-0.2, 0) is 26.3 Å². The monoisotopic (exact) mass is 302 g/mol. The van der Waals surface area contributed by atoms with Gasteiger partial charge in [0.15, 0.2) is 0 Å². The van der Waals surface area contributed by atoms with Gasteiger partial charge in [-0.3, -0.25) is 14.2 Å². The van der Waals surface area contributed by atoms with Crippen LogP contribution >= 0.6 is 0 Å². The van der Waals surface area contributed by atoms with Gasteiger partial charge in [-0.25, -0.2) is 0 Å². The van der Waals surface area contributed by atoms with E-state index in [1.54, 1.807) is 0 Å². The van der Waals surface area contributed by atoms with Crippen LogP contribution in [0.15, 0.2) is 12.4 Å². The Morgan fingerprint density at radius 1 is 1.40 bits per heavy atom. The van der Waals surface area contributed by atoms with Gasteiger partial charge in [0.25, 0.3) is 0 Å². The summed E-state index contributed by atoms with van der Waals surface area (Å²) in [7, 11) is -2.26. The summed E-state index contributed by atoms with van der Waals surface area (Å²) in [6, 6.07) is 0. The number of anilines is 1. The van der Waals surface area contributed by atoms with Gasteiger partial charge in [-0.1, -0.05) is 6.42 Å². The molecule has 112 valence electrons. The lowest BCUT2D eigenvalue weighted by atomic mass is 10.2. The largest absolute Gasteiger partial charge is 0.468 e. The highest BCUT2D eigenvalue weighted by molar-refractivity contribution is 7.90. The van der Waals surface area contributed by atoms with E-state index in [0.717, 1.165) is 19.3 Å². The highest BCUT2D eigenvalue weighted by Gasteiger charge is 2.24. The first kappa shape index (κ1) is 14.8. The first-order valence-electron chi connectivity index (χ1n) is 6.38. The zero-order valence-corrected chi connectivity index (χ0v) is 12.1. The molecule has 9 heteroatoms. The Hall–Kier alpha value is -1.61. The predicted octanol–water partition coefficient (Wildman–Crippen LogP) is 0.199. The number of hydrogen-bond donors (Lipinski definition) is 1. The van der Waals surface area contributed by atoms with Gasteiger partial charge >= 0.3 is 16.2 Å². The summed E-state index contributed by atoms with van der Waals surface area (Å²) >= 11 is 0. The first-order chi connectivity index (χ1) is 9.51. The smallest absolute Gasteiger partial charge is 0.327 e. The van der Waals surface area contributed by atoms with Gasteiger partial charge in [-0.05, 0) is 12.8 Å². The minimum absolute atomic E-state index is 0.0536. The van der Waals surface area contributed by atoms with Crippen LogP contribution in [0.5, 0.6) is 0 Å². The topological polar surface area (TPSA) is 93.5 Å². The molecule has 1 aliphatic heterocycles. The van der Waals surface area contributed by atoms with Crippen molar-refractivity contribution in [3.05, 3.63) is 12.4 Å². The summed E-state index contributed by atoms with van der Waals surface area (Å²) in [5.74, 6) is -0.446. The van der Waals surface area contributed by atoms with E-state index in [1.807, 2.05) is 0 Å². The molecule has 1 N–H and O–H groups in total. The standard InChI is InChI=1S/C11H18N4O4S/c1-19-11(16)9-14-8-10(7-12-14)13-20(17,18)15-5-3-2-4-6-15/h7-8,13H,2-6,9H2,1H3. The van der Waals surface area contributed by atoms with E-state index in [1.165, 1.54) is 28.5 Å². The number of piperidine rings is 1. The number of esters is 1. The number of hydrogen-bond acceptors (Lipinski definition) is 5. The van der Waals surface area contributed by atoms with Gasteiger partial charge in [-0.2, -0.15) is 17.8 Å². The first-order valence-corrected chi connectivity index (χ1v) is 7.82. The Bertz CT molecular complexity index is 563. The quantitative estimate of drug-likeness (QED) is 0.784. The molecular formula is C11H18N4O4S. The average Bonchev–Trinajstić information content (AvgIpc) is 2.86. The van der Waals surface area contributed by atoms with E-state index in [9.17, 15) is 13.2 Å². The summed E-state index contributed by atoms with van der Waals surface area (Å²) in [6.07, 6.45) is 5.64. The number of aromatic nitrogens is 2. The minimum Gasteiger partial charge on any atom is -0.468 e. The lowest BCUT2D eigenvalue weighted by Gasteiger charge is -2.25. The number of carbonyl (C=O) groups excluding carboxylic acids is 1. The molecule has 0 amide bonds. The van der Waals surface area contributed by atoms with Gasteiger partial charge in [0.2, 0.25) is 0 Å². The summed E-state index contributed by atoms with van der Waals surface area (Å²) in [4.78, 5) is 11.1. The molecule has 0 aliphatic carbocycles. The molecule has 0 unspecified atom stereocenters. The lowest BCUT2D eigenvalue weighted by Crippen LogP contribution is -2.39. The zero-order chi connectivity index (χ0) is 14.6. The van der Waals surface area contributed by atoms with Crippen LogP contribution in [0.2, 0.25) is 0 Å². The maximum absolute atomic E-state index is 12.1. The average molecular weight is 302 g/mol. The molecular weight excluding hydrogens is 284 g/mol. The number of carbonyl (C=O) groups is 1. The maximum atomic E-state index is 12.1. The number of ether oxygens (including phenoxy) is 1. The van der Waals surface area contributed by atoms with Gasteiger partial charge < -0.3 is 4.74 Å². The van der Waals surface area contributed by atoms with Crippen molar-refractivity contribution in [2.75, 3.05) is 24.9 Å². The van der Waals surface area contributed by atoms with Crippen molar-refractivity contribution in [1.82, 2.24) is 14.1 Å². The molecule has 1 aromatic rings. The molecule has 0 spiro atoms. The molecule has 1 fully saturated rings. The fraction of sp³-hybridized carbons (Fsp3) is 0.636. The Morgan fingerprint density at radius 2 is 2.10 bits per heavy atom. The number of nitrogens with one attached hydrogen (secondary N) is 1. The van der Waals surface area contributed by atoms with E-state index in [0.29, 0.717) is 18.8 Å². The fourth-order valence-corrected chi connectivity index (χ4v) is 3.29. The zero-order valence-electron chi connectivity index (χ0n) is 11.3. The fourth-order valence-electron chi connectivity index (χ4n) is 2.02. The second kappa shape index (κ2) is 6.23. The molecule has 0 radical (unpaired) electrons. The maximum Gasteiger partial charge on any atom is 0.327 e. The summed E-state index contributed by atoms with van der Waals surface area (Å²) in [6.45, 7) is 1.01. The van der Waals surface area contributed by atoms with Crippen molar-refractivity contribution >= 4 is 21.9 Å². The summed E-state index contributed by atoms with van der Waals surface area (Å²) in [5, 5.41) is 3.90. The van der Waals surface area contributed by atoms with Crippen molar-refractivity contribution in [2.24, 2.45) is 0 Å². The predicted molar refractivity (Wildman–Crippen MR) is 72.2 cm³/mol. The van der Waals surface area contributed by atoms with E-state index in [-0.39, 0.29) is 6.54 Å². The van der Waals surface area contributed by atoms with Crippen LogP contribution in [0.1, 0.15) is 19.3 Å². The molecule has 1 saturated heterocycles. The Kier molecular flexibility index (Phi) is 4.61. The molecule has 2 rings (SSSR count). The van der Waals surface area contributed by atoms with Gasteiger partial charge in [0.1, 0.15) is 6.54 Å². The van der Waals surface area contributed by atoms with Crippen LogP contribution in [0.25, 0.3) is 0 Å². The second-order valence-electron chi connectivity index (χ2n) is 4.57.